The van der Waals surface area contributed by atoms with Gasteiger partial charge >= 0.3 is 30.0 Å². The number of rotatable bonds is 23. The molecule has 0 aliphatic carbocycles. The molecule has 0 spiro atoms. The van der Waals surface area contributed by atoms with E-state index in [0.29, 0.717) is 12.8 Å². The fourth-order valence-corrected chi connectivity index (χ4v) is 3.50. The quantitative estimate of drug-likeness (QED) is 0.0598. The molecule has 0 aliphatic rings. The van der Waals surface area contributed by atoms with Gasteiger partial charge in [-0.2, -0.15) is 0 Å². The number of esters is 3. The predicted octanol–water partition coefficient (Wildman–Crippen LogP) is 1.28. The third-order valence-corrected chi connectivity index (χ3v) is 6.74. The Bertz CT molecular complexity index is 1060. The van der Waals surface area contributed by atoms with E-state index in [1.54, 1.807) is 6.92 Å². The second-order valence-corrected chi connectivity index (χ2v) is 11.3. The Morgan fingerprint density at radius 1 is 0.766 bits per heavy atom. The first-order valence-electron chi connectivity index (χ1n) is 15.1. The SMILES string of the molecule is COC(C)COC(=O)NCCCCC(NC(=O)C(C)(C)OC(C)C(=O)CC(C)C(=O)OCOC(=O)C(C)OC(=O)C(C)OC)C(=O)O. The molecule has 0 saturated carbocycles. The second kappa shape index (κ2) is 21.9. The van der Waals surface area contributed by atoms with Crippen LogP contribution < -0.4 is 10.6 Å². The monoisotopic (exact) mass is 678 g/mol. The zero-order valence-electron chi connectivity index (χ0n) is 28.6. The van der Waals surface area contributed by atoms with Gasteiger partial charge in [0.05, 0.1) is 12.0 Å². The molecule has 0 aromatic heterocycles. The number of carboxylic acids is 1. The molecule has 0 aromatic rings. The van der Waals surface area contributed by atoms with Crippen LogP contribution in [0.4, 0.5) is 4.79 Å². The Hall–Kier alpha value is -3.83. The normalized spacial score (nSPS) is 15.1. The average molecular weight is 679 g/mol. The van der Waals surface area contributed by atoms with Gasteiger partial charge in [-0.05, 0) is 60.8 Å². The molecule has 0 saturated heterocycles. The largest absolute Gasteiger partial charge is 0.480 e. The highest BCUT2D eigenvalue weighted by molar-refractivity contribution is 5.90. The highest BCUT2D eigenvalue weighted by Crippen LogP contribution is 2.17. The molecule has 17 heteroatoms. The maximum Gasteiger partial charge on any atom is 0.407 e. The zero-order valence-corrected chi connectivity index (χ0v) is 28.6. The van der Waals surface area contributed by atoms with Gasteiger partial charge < -0.3 is 48.9 Å². The van der Waals surface area contributed by atoms with Gasteiger partial charge in [0.2, 0.25) is 6.79 Å². The number of unbranched alkanes of at least 4 members (excludes halogenated alkanes) is 1. The van der Waals surface area contributed by atoms with Crippen molar-refractivity contribution in [2.45, 2.75) is 110 Å². The highest BCUT2D eigenvalue weighted by atomic mass is 16.7. The van der Waals surface area contributed by atoms with Gasteiger partial charge in [-0.25, -0.2) is 19.2 Å². The van der Waals surface area contributed by atoms with Crippen LogP contribution in [0.2, 0.25) is 0 Å². The summed E-state index contributed by atoms with van der Waals surface area (Å²) < 4.78 is 34.9. The topological polar surface area (TPSA) is 228 Å². The number of hydrogen-bond donors (Lipinski definition) is 3. The highest BCUT2D eigenvalue weighted by Gasteiger charge is 2.36. The van der Waals surface area contributed by atoms with E-state index in [0.717, 1.165) is 0 Å². The molecule has 6 atom stereocenters. The standard InChI is InChI=1S/C30H50N2O15/c1-17(25(36)44-16-45-26(37)21(5)46-27(38)20(4)42-9)14-23(33)19(3)47-30(6,7)28(39)32-22(24(34)35)12-10-11-13-31-29(40)43-15-18(2)41-8/h17-22H,10-16H2,1-9H3,(H,31,40)(H,32,39)(H,34,35). The lowest BCUT2D eigenvalue weighted by Crippen LogP contribution is -2.52. The van der Waals surface area contributed by atoms with Gasteiger partial charge in [0, 0.05) is 27.2 Å². The molecule has 0 aromatic carbocycles. The van der Waals surface area contributed by atoms with Crippen LogP contribution in [0.5, 0.6) is 0 Å². The maximum absolute atomic E-state index is 12.9. The number of amides is 2. The summed E-state index contributed by atoms with van der Waals surface area (Å²) in [6.45, 7) is 9.49. The Balaban J connectivity index is 4.69. The van der Waals surface area contributed by atoms with Crippen molar-refractivity contribution >= 4 is 41.7 Å². The molecule has 0 aliphatic heterocycles. The number of hydrogen-bond acceptors (Lipinski definition) is 14. The first kappa shape index (κ1) is 43.2. The molecule has 0 bridgehead atoms. The number of carbonyl (C=O) groups is 7. The van der Waals surface area contributed by atoms with Crippen molar-refractivity contribution < 1.29 is 71.8 Å². The van der Waals surface area contributed by atoms with Crippen molar-refractivity contribution in [2.75, 3.05) is 34.2 Å². The van der Waals surface area contributed by atoms with Crippen LogP contribution in [0.25, 0.3) is 0 Å². The van der Waals surface area contributed by atoms with Crippen molar-refractivity contribution in [3.05, 3.63) is 0 Å². The number of aliphatic carboxylic acids is 1. The van der Waals surface area contributed by atoms with Gasteiger partial charge in [-0.1, -0.05) is 6.92 Å². The van der Waals surface area contributed by atoms with Gasteiger partial charge in [-0.3, -0.25) is 14.4 Å². The molecule has 270 valence electrons. The second-order valence-electron chi connectivity index (χ2n) is 11.3. The minimum atomic E-state index is -1.62. The molecule has 0 radical (unpaired) electrons. The van der Waals surface area contributed by atoms with Crippen LogP contribution in [-0.4, -0.2) is 117 Å². The lowest BCUT2D eigenvalue weighted by atomic mass is 10.0. The number of methoxy groups -OCH3 is 2. The molecule has 17 nitrogen and oxygen atoms in total. The summed E-state index contributed by atoms with van der Waals surface area (Å²) in [5, 5.41) is 14.5. The molecule has 3 N–H and O–H groups in total. The van der Waals surface area contributed by atoms with E-state index in [1.807, 2.05) is 0 Å². The van der Waals surface area contributed by atoms with E-state index >= 15 is 0 Å². The first-order chi connectivity index (χ1) is 21.9. The number of ketones is 1. The Kier molecular flexibility index (Phi) is 20.1. The average Bonchev–Trinajstić information content (AvgIpc) is 3.01. The van der Waals surface area contributed by atoms with Crippen molar-refractivity contribution in [3.63, 3.8) is 0 Å². The third-order valence-electron chi connectivity index (χ3n) is 6.74. The van der Waals surface area contributed by atoms with Gasteiger partial charge in [0.25, 0.3) is 5.91 Å². The van der Waals surface area contributed by atoms with E-state index in [-0.39, 0.29) is 32.1 Å². The van der Waals surface area contributed by atoms with E-state index in [4.69, 9.17) is 33.2 Å². The Labute approximate surface area is 274 Å². The van der Waals surface area contributed by atoms with Gasteiger partial charge in [0.15, 0.2) is 18.0 Å². The number of ether oxygens (including phenoxy) is 7. The van der Waals surface area contributed by atoms with Crippen LogP contribution in [0, 0.1) is 5.92 Å². The van der Waals surface area contributed by atoms with Crippen LogP contribution in [-0.2, 0) is 61.9 Å². The van der Waals surface area contributed by atoms with E-state index in [9.17, 15) is 38.7 Å². The van der Waals surface area contributed by atoms with Crippen LogP contribution >= 0.6 is 0 Å². The molecular weight excluding hydrogens is 628 g/mol. The van der Waals surface area contributed by atoms with Crippen LogP contribution in [0.15, 0.2) is 0 Å². The molecule has 0 rings (SSSR count). The van der Waals surface area contributed by atoms with Crippen molar-refractivity contribution in [1.29, 1.82) is 0 Å². The minimum Gasteiger partial charge on any atom is -0.480 e. The number of carbonyl (C=O) groups excluding carboxylic acids is 6. The third kappa shape index (κ3) is 17.6. The summed E-state index contributed by atoms with van der Waals surface area (Å²) in [5.74, 6) is -6.16. The summed E-state index contributed by atoms with van der Waals surface area (Å²) in [6.07, 6.45) is -3.71. The first-order valence-corrected chi connectivity index (χ1v) is 15.1. The van der Waals surface area contributed by atoms with Gasteiger partial charge in [-0.15, -0.1) is 0 Å². The van der Waals surface area contributed by atoms with Crippen LogP contribution in [0.3, 0.4) is 0 Å². The number of Topliss-reactive ketones (excluding diaryl/α,β-unsaturated/α-hetero) is 1. The Morgan fingerprint density at radius 2 is 1.38 bits per heavy atom. The summed E-state index contributed by atoms with van der Waals surface area (Å²) in [4.78, 5) is 85.0. The molecule has 47 heavy (non-hydrogen) atoms. The fraction of sp³-hybridized carbons (Fsp3) is 0.767. The van der Waals surface area contributed by atoms with E-state index in [2.05, 4.69) is 10.6 Å². The fourth-order valence-electron chi connectivity index (χ4n) is 3.50. The van der Waals surface area contributed by atoms with E-state index in [1.165, 1.54) is 55.8 Å². The van der Waals surface area contributed by atoms with Crippen molar-refractivity contribution in [2.24, 2.45) is 5.92 Å². The molecule has 0 heterocycles. The molecule has 2 amide bonds. The molecule has 0 fully saturated rings. The summed E-state index contributed by atoms with van der Waals surface area (Å²) in [5.41, 5.74) is -1.62. The van der Waals surface area contributed by atoms with Crippen molar-refractivity contribution in [1.82, 2.24) is 10.6 Å². The number of nitrogens with one attached hydrogen (secondary N) is 2. The van der Waals surface area contributed by atoms with Gasteiger partial charge in [0.1, 0.15) is 24.4 Å². The lowest BCUT2D eigenvalue weighted by Gasteiger charge is -2.29. The number of carboxylic acid groups (broad SMARTS) is 1. The summed E-state index contributed by atoms with van der Waals surface area (Å²) in [6, 6.07) is -1.25. The summed E-state index contributed by atoms with van der Waals surface area (Å²) in [7, 11) is 2.78. The minimum absolute atomic E-state index is 0.0646. The maximum atomic E-state index is 12.9. The smallest absolute Gasteiger partial charge is 0.407 e. The van der Waals surface area contributed by atoms with Crippen LogP contribution in [0.1, 0.15) is 74.1 Å². The molecule has 6 unspecified atom stereocenters. The predicted molar refractivity (Wildman–Crippen MR) is 162 cm³/mol. The molecular formula is C30H50N2O15. The number of alkyl carbamates (subject to hydrolysis) is 1. The Morgan fingerprint density at radius 3 is 1.96 bits per heavy atom. The summed E-state index contributed by atoms with van der Waals surface area (Å²) >= 11 is 0. The lowest BCUT2D eigenvalue weighted by molar-refractivity contribution is -0.183. The zero-order chi connectivity index (χ0) is 36.3. The van der Waals surface area contributed by atoms with E-state index < -0.39 is 84.3 Å². The van der Waals surface area contributed by atoms with Crippen molar-refractivity contribution in [3.8, 4) is 0 Å².